The van der Waals surface area contributed by atoms with Crippen LogP contribution in [0.15, 0.2) is 5.16 Å². The van der Waals surface area contributed by atoms with Gasteiger partial charge in [0.1, 0.15) is 17.2 Å². The number of hydrogen-bond acceptors (Lipinski definition) is 8. The summed E-state index contributed by atoms with van der Waals surface area (Å²) < 4.78 is 23.0. The topological polar surface area (TPSA) is 136 Å². The van der Waals surface area contributed by atoms with Gasteiger partial charge in [-0.3, -0.25) is 4.79 Å². The molecule has 1 amide bonds. The van der Waals surface area contributed by atoms with Gasteiger partial charge in [-0.05, 0) is 6.92 Å². The zero-order chi connectivity index (χ0) is 15.3. The van der Waals surface area contributed by atoms with Crippen LogP contribution in [0.1, 0.15) is 6.92 Å². The van der Waals surface area contributed by atoms with Crippen LogP contribution >= 0.6 is 0 Å². The Hall–Kier alpha value is -0.680. The summed E-state index contributed by atoms with van der Waals surface area (Å²) in [5.74, 6) is -3.59. The van der Waals surface area contributed by atoms with Gasteiger partial charge in [0.2, 0.25) is 5.91 Å². The molecule has 0 aromatic carbocycles. The van der Waals surface area contributed by atoms with E-state index in [1.165, 1.54) is 7.11 Å². The molecule has 2 aliphatic heterocycles. The third kappa shape index (κ3) is 2.20. The Bertz CT molecular complexity index is 592. The molecule has 0 aromatic rings. The number of β-lactam (4-membered cyclic amide) rings is 1. The molecule has 2 aliphatic rings. The van der Waals surface area contributed by atoms with E-state index in [-0.39, 0.29) is 29.6 Å². The second-order valence-corrected chi connectivity index (χ2v) is 7.25. The van der Waals surface area contributed by atoms with Crippen molar-refractivity contribution >= 4 is 27.9 Å². The number of hydrogen-bond donors (Lipinski definition) is 1. The predicted molar refractivity (Wildman–Crippen MR) is 62.8 cm³/mol. The summed E-state index contributed by atoms with van der Waals surface area (Å²) in [6.07, 6.45) is 0.836. The number of carbonyl (C=O) groups is 2. The van der Waals surface area contributed by atoms with Crippen molar-refractivity contribution in [3.8, 4) is 0 Å². The number of rotatable bonds is 4. The van der Waals surface area contributed by atoms with E-state index in [0.29, 0.717) is 4.90 Å². The van der Waals surface area contributed by atoms with Crippen molar-refractivity contribution in [2.45, 2.75) is 23.1 Å². The molecule has 0 aromatic heterocycles. The summed E-state index contributed by atoms with van der Waals surface area (Å²) in [6, 6.07) is -1.70. The quantitative estimate of drug-likeness (QED) is 0.234. The normalized spacial score (nSPS) is 36.8. The van der Waals surface area contributed by atoms with Gasteiger partial charge < -0.3 is 24.7 Å². The van der Waals surface area contributed by atoms with E-state index in [1.54, 1.807) is 0 Å². The van der Waals surface area contributed by atoms with Crippen molar-refractivity contribution in [3.05, 3.63) is 0 Å². The number of amides is 1. The number of nitrogens with zero attached hydrogens (tertiary/aromatic N) is 2. The van der Waals surface area contributed by atoms with E-state index < -0.39 is 50.4 Å². The maximum atomic E-state index is 12.5. The Morgan fingerprint density at radius 1 is 1.62 bits per heavy atom. The van der Waals surface area contributed by atoms with Gasteiger partial charge in [-0.2, -0.15) is 0 Å². The van der Waals surface area contributed by atoms with Gasteiger partial charge in [0.25, 0.3) is 0 Å². The van der Waals surface area contributed by atoms with E-state index in [4.69, 9.17) is 5.11 Å². The summed E-state index contributed by atoms with van der Waals surface area (Å²) >= 11 is 0. The third-order valence-electron chi connectivity index (χ3n) is 3.78. The smallest absolute Gasteiger partial charge is 0.548 e. The Labute approximate surface area is 143 Å². The fourth-order valence-electron chi connectivity index (χ4n) is 2.70. The number of aliphatic hydroxyl groups excluding tert-OH is 1. The zero-order valence-corrected chi connectivity index (χ0v) is 14.5. The number of sulfone groups is 1. The Balaban J connectivity index is 0.00000220. The SMILES string of the molecule is CO/N=C/[C@@]1(C)[C@H](C(=O)[O-])N2C(=O)[C@@H](CO)[C@H]2S1(=O)=O.[Na+]. The molecule has 11 heteroatoms. The first kappa shape index (κ1) is 18.4. The first-order valence-electron chi connectivity index (χ1n) is 5.69. The van der Waals surface area contributed by atoms with Crippen LogP contribution in [-0.2, 0) is 24.3 Å². The maximum absolute atomic E-state index is 12.5. The first-order chi connectivity index (χ1) is 9.24. The molecule has 1 N–H and O–H groups in total. The minimum Gasteiger partial charge on any atom is -0.548 e. The van der Waals surface area contributed by atoms with Gasteiger partial charge in [-0.25, -0.2) is 8.42 Å². The fraction of sp³-hybridized carbons (Fsp3) is 0.700. The van der Waals surface area contributed by atoms with E-state index in [0.717, 1.165) is 13.1 Å². The van der Waals surface area contributed by atoms with E-state index in [9.17, 15) is 23.1 Å². The first-order valence-corrected chi connectivity index (χ1v) is 7.23. The molecule has 21 heavy (non-hydrogen) atoms. The Morgan fingerprint density at radius 3 is 2.62 bits per heavy atom. The van der Waals surface area contributed by atoms with Gasteiger partial charge >= 0.3 is 29.6 Å². The molecule has 0 saturated carbocycles. The molecule has 112 valence electrons. The minimum atomic E-state index is -4.09. The standard InChI is InChI=1S/C10H14N2O7S.Na/c1-10(4-11-19-2)6(9(15)16)12-7(14)5(3-13)8(12)20(10,17)18;/h4-6,8,13H,3H2,1-2H3,(H,15,16);/q;+1/p-1/b11-4+;/t5-,6+,8-,10+;/m1./s1. The number of aliphatic carboxylic acids is 1. The van der Waals surface area contributed by atoms with E-state index in [2.05, 4.69) is 9.99 Å². The van der Waals surface area contributed by atoms with Crippen LogP contribution in [0.2, 0.25) is 0 Å². The summed E-state index contributed by atoms with van der Waals surface area (Å²) in [5, 5.41) is 22.3. The summed E-state index contributed by atoms with van der Waals surface area (Å²) in [5.41, 5.74) is 0. The van der Waals surface area contributed by atoms with Crippen molar-refractivity contribution in [3.63, 3.8) is 0 Å². The number of carboxylic acid groups (broad SMARTS) is 1. The number of carbonyl (C=O) groups excluding carboxylic acids is 2. The number of aliphatic hydroxyl groups is 1. The third-order valence-corrected chi connectivity index (χ3v) is 6.52. The monoisotopic (exact) mass is 328 g/mol. The largest absolute Gasteiger partial charge is 1.00 e. The number of fused-ring (bicyclic) bond motifs is 1. The van der Waals surface area contributed by atoms with Gasteiger partial charge in [0.05, 0.1) is 30.8 Å². The van der Waals surface area contributed by atoms with Gasteiger partial charge in [-0.15, -0.1) is 0 Å². The zero-order valence-electron chi connectivity index (χ0n) is 11.7. The molecule has 2 saturated heterocycles. The molecule has 0 bridgehead atoms. The molecule has 9 nitrogen and oxygen atoms in total. The number of carboxylic acids is 1. The van der Waals surface area contributed by atoms with Crippen LogP contribution in [0.25, 0.3) is 0 Å². The Kier molecular flexibility index (Phi) is 5.11. The van der Waals surface area contributed by atoms with Crippen LogP contribution in [-0.4, -0.2) is 66.4 Å². The van der Waals surface area contributed by atoms with Crippen LogP contribution in [0.4, 0.5) is 0 Å². The van der Waals surface area contributed by atoms with Crippen LogP contribution < -0.4 is 34.7 Å². The molecule has 0 aliphatic carbocycles. The molecule has 2 heterocycles. The molecule has 0 radical (unpaired) electrons. The molecule has 0 spiro atoms. The second kappa shape index (κ2) is 5.84. The van der Waals surface area contributed by atoms with Crippen LogP contribution in [0.3, 0.4) is 0 Å². The number of oxime groups is 1. The molecule has 4 atom stereocenters. The summed E-state index contributed by atoms with van der Waals surface area (Å²) in [4.78, 5) is 28.2. The summed E-state index contributed by atoms with van der Waals surface area (Å²) in [6.45, 7) is 0.460. The van der Waals surface area contributed by atoms with Gasteiger partial charge in [0, 0.05) is 0 Å². The van der Waals surface area contributed by atoms with Gasteiger partial charge in [0.15, 0.2) is 9.84 Å². The van der Waals surface area contributed by atoms with E-state index >= 15 is 0 Å². The minimum absolute atomic E-state index is 0. The molecule has 0 unspecified atom stereocenters. The van der Waals surface area contributed by atoms with E-state index in [1.807, 2.05) is 0 Å². The van der Waals surface area contributed by atoms with Crippen molar-refractivity contribution in [2.24, 2.45) is 11.1 Å². The maximum Gasteiger partial charge on any atom is 1.00 e. The van der Waals surface area contributed by atoms with Crippen molar-refractivity contribution in [1.82, 2.24) is 4.90 Å². The molecule has 2 rings (SSSR count). The Morgan fingerprint density at radius 2 is 2.19 bits per heavy atom. The predicted octanol–water partition coefficient (Wildman–Crippen LogP) is -6.29. The fourth-order valence-corrected chi connectivity index (χ4v) is 5.09. The summed E-state index contributed by atoms with van der Waals surface area (Å²) in [7, 11) is -2.92. The van der Waals surface area contributed by atoms with Crippen LogP contribution in [0, 0.1) is 5.92 Å². The van der Waals surface area contributed by atoms with Crippen molar-refractivity contribution < 1.29 is 62.6 Å². The second-order valence-electron chi connectivity index (χ2n) is 4.79. The average Bonchev–Trinajstić information content (AvgIpc) is 2.52. The van der Waals surface area contributed by atoms with Crippen molar-refractivity contribution in [1.29, 1.82) is 0 Å². The molecular formula is C10H13N2NaO7S. The average molecular weight is 328 g/mol. The van der Waals surface area contributed by atoms with Gasteiger partial charge in [-0.1, -0.05) is 5.16 Å². The molecular weight excluding hydrogens is 315 g/mol. The molecule has 2 fully saturated rings. The van der Waals surface area contributed by atoms with Crippen molar-refractivity contribution in [2.75, 3.05) is 13.7 Å². The van der Waals surface area contributed by atoms with Crippen LogP contribution in [0.5, 0.6) is 0 Å².